The maximum absolute atomic E-state index is 14.1. The standard InChI is InChI=1S/C26H20F2N4OS/c1-15-13-20(11-12-21(15)28)32-16(2)22(23(29-26(32)34)18-9-6-10-19(27)14-18)25-30-24(31-33-25)17-7-4-3-5-8-17/h3-14,23H,1-2H3,(H,29,34). The zero-order valence-corrected chi connectivity index (χ0v) is 19.2. The first kappa shape index (κ1) is 21.9. The van der Waals surface area contributed by atoms with E-state index >= 15 is 0 Å². The number of rotatable bonds is 4. The van der Waals surface area contributed by atoms with Crippen LogP contribution in [0.15, 0.2) is 83.0 Å². The van der Waals surface area contributed by atoms with E-state index in [0.717, 1.165) is 5.56 Å². The Kier molecular flexibility index (Phi) is 5.67. The van der Waals surface area contributed by atoms with Gasteiger partial charge in [0.25, 0.3) is 5.89 Å². The average Bonchev–Trinajstić information content (AvgIpc) is 3.31. The lowest BCUT2D eigenvalue weighted by Gasteiger charge is -2.37. The summed E-state index contributed by atoms with van der Waals surface area (Å²) in [6.07, 6.45) is 0. The molecule has 0 radical (unpaired) electrons. The normalized spacial score (nSPS) is 16.1. The van der Waals surface area contributed by atoms with E-state index in [1.165, 1.54) is 18.2 Å². The summed E-state index contributed by atoms with van der Waals surface area (Å²) >= 11 is 5.68. The molecule has 4 aromatic rings. The van der Waals surface area contributed by atoms with Gasteiger partial charge in [0.1, 0.15) is 11.6 Å². The van der Waals surface area contributed by atoms with Crippen LogP contribution in [0.3, 0.4) is 0 Å². The third-order valence-corrected chi connectivity index (χ3v) is 6.06. The molecule has 1 aliphatic heterocycles. The highest BCUT2D eigenvalue weighted by Gasteiger charge is 2.35. The van der Waals surface area contributed by atoms with Gasteiger partial charge in [0.05, 0.1) is 11.6 Å². The topological polar surface area (TPSA) is 54.2 Å². The van der Waals surface area contributed by atoms with Gasteiger partial charge in [-0.25, -0.2) is 8.78 Å². The fraction of sp³-hybridized carbons (Fsp3) is 0.115. The van der Waals surface area contributed by atoms with Crippen LogP contribution in [0, 0.1) is 18.6 Å². The van der Waals surface area contributed by atoms with Gasteiger partial charge in [0.2, 0.25) is 5.82 Å². The predicted octanol–water partition coefficient (Wildman–Crippen LogP) is 6.19. The van der Waals surface area contributed by atoms with E-state index in [2.05, 4.69) is 15.5 Å². The number of benzene rings is 3. The largest absolute Gasteiger partial charge is 0.351 e. The molecule has 1 atom stereocenters. The summed E-state index contributed by atoms with van der Waals surface area (Å²) < 4.78 is 33.8. The number of halogens is 2. The van der Waals surface area contributed by atoms with Crippen molar-refractivity contribution in [3.63, 3.8) is 0 Å². The van der Waals surface area contributed by atoms with Gasteiger partial charge in [-0.05, 0) is 67.5 Å². The molecular weight excluding hydrogens is 454 g/mol. The summed E-state index contributed by atoms with van der Waals surface area (Å²) in [4.78, 5) is 6.43. The summed E-state index contributed by atoms with van der Waals surface area (Å²) in [5.74, 6) is 0.0496. The lowest BCUT2D eigenvalue weighted by atomic mass is 9.94. The van der Waals surface area contributed by atoms with E-state index in [-0.39, 0.29) is 17.5 Å². The van der Waals surface area contributed by atoms with Crippen molar-refractivity contribution in [2.45, 2.75) is 19.9 Å². The summed E-state index contributed by atoms with van der Waals surface area (Å²) in [7, 11) is 0. The molecule has 8 heteroatoms. The van der Waals surface area contributed by atoms with Crippen molar-refractivity contribution >= 4 is 28.6 Å². The first-order valence-corrected chi connectivity index (χ1v) is 11.1. The van der Waals surface area contributed by atoms with E-state index in [9.17, 15) is 8.78 Å². The second kappa shape index (κ2) is 8.79. The molecule has 1 aliphatic rings. The van der Waals surface area contributed by atoms with Crippen LogP contribution in [0.25, 0.3) is 17.0 Å². The van der Waals surface area contributed by atoms with E-state index in [4.69, 9.17) is 16.7 Å². The van der Waals surface area contributed by atoms with Gasteiger partial charge in [-0.2, -0.15) is 4.98 Å². The van der Waals surface area contributed by atoms with Gasteiger partial charge in [0.15, 0.2) is 5.11 Å². The zero-order chi connectivity index (χ0) is 23.8. The van der Waals surface area contributed by atoms with Crippen molar-refractivity contribution in [2.24, 2.45) is 0 Å². The monoisotopic (exact) mass is 474 g/mol. The quantitative estimate of drug-likeness (QED) is 0.356. The van der Waals surface area contributed by atoms with E-state index in [0.29, 0.717) is 39.0 Å². The molecule has 1 N–H and O–H groups in total. The maximum Gasteiger partial charge on any atom is 0.258 e. The van der Waals surface area contributed by atoms with Gasteiger partial charge in [-0.3, -0.25) is 4.90 Å². The minimum Gasteiger partial charge on any atom is -0.351 e. The minimum absolute atomic E-state index is 0.282. The third kappa shape index (κ3) is 3.97. The Morgan fingerprint density at radius 2 is 1.76 bits per heavy atom. The Bertz CT molecular complexity index is 1420. The van der Waals surface area contributed by atoms with Crippen LogP contribution in [0.1, 0.15) is 30.0 Å². The van der Waals surface area contributed by atoms with Crippen LogP contribution in [0.2, 0.25) is 0 Å². The first-order chi connectivity index (χ1) is 16.4. The Morgan fingerprint density at radius 3 is 2.50 bits per heavy atom. The number of thiocarbonyl (C=S) groups is 1. The lowest BCUT2D eigenvalue weighted by molar-refractivity contribution is 0.404. The molecule has 1 unspecified atom stereocenters. The Hall–Kier alpha value is -3.91. The highest BCUT2D eigenvalue weighted by Crippen LogP contribution is 2.39. The fourth-order valence-corrected chi connectivity index (χ4v) is 4.43. The number of aryl methyl sites for hydroxylation is 1. The maximum atomic E-state index is 14.1. The minimum atomic E-state index is -0.523. The third-order valence-electron chi connectivity index (χ3n) is 5.75. The Balaban J connectivity index is 1.67. The molecule has 5 rings (SSSR count). The number of anilines is 1. The van der Waals surface area contributed by atoms with E-state index in [1.807, 2.05) is 43.3 Å². The van der Waals surface area contributed by atoms with Gasteiger partial charge in [-0.1, -0.05) is 47.6 Å². The zero-order valence-electron chi connectivity index (χ0n) is 18.4. The van der Waals surface area contributed by atoms with Crippen molar-refractivity contribution < 1.29 is 13.3 Å². The predicted molar refractivity (Wildman–Crippen MR) is 131 cm³/mol. The molecule has 0 saturated heterocycles. The fourth-order valence-electron chi connectivity index (χ4n) is 4.07. The van der Waals surface area contributed by atoms with Crippen LogP contribution in [0.5, 0.6) is 0 Å². The van der Waals surface area contributed by atoms with Gasteiger partial charge < -0.3 is 9.84 Å². The molecule has 0 amide bonds. The number of hydrogen-bond donors (Lipinski definition) is 1. The molecule has 0 aliphatic carbocycles. The molecule has 0 fully saturated rings. The van der Waals surface area contributed by atoms with Gasteiger partial charge in [-0.15, -0.1) is 0 Å². The van der Waals surface area contributed by atoms with Crippen LogP contribution in [-0.4, -0.2) is 15.3 Å². The van der Waals surface area contributed by atoms with Crippen molar-refractivity contribution in [2.75, 3.05) is 4.90 Å². The van der Waals surface area contributed by atoms with Crippen LogP contribution >= 0.6 is 12.2 Å². The van der Waals surface area contributed by atoms with E-state index < -0.39 is 6.04 Å². The summed E-state index contributed by atoms with van der Waals surface area (Å²) in [5.41, 5.74) is 4.01. The van der Waals surface area contributed by atoms with Gasteiger partial charge >= 0.3 is 0 Å². The van der Waals surface area contributed by atoms with Crippen LogP contribution in [-0.2, 0) is 0 Å². The molecule has 0 saturated carbocycles. The van der Waals surface area contributed by atoms with Gasteiger partial charge in [0, 0.05) is 16.9 Å². The SMILES string of the molecule is CC1=C(c2nc(-c3ccccc3)no2)C(c2cccc(F)c2)NC(=S)N1c1ccc(F)c(C)c1. The molecule has 0 spiro atoms. The first-order valence-electron chi connectivity index (χ1n) is 10.6. The Morgan fingerprint density at radius 1 is 0.971 bits per heavy atom. The number of nitrogens with zero attached hydrogens (tertiary/aromatic N) is 3. The van der Waals surface area contributed by atoms with Crippen molar-refractivity contribution in [3.8, 4) is 11.4 Å². The lowest BCUT2D eigenvalue weighted by Crippen LogP contribution is -2.46. The number of aromatic nitrogens is 2. The van der Waals surface area contributed by atoms with Crippen molar-refractivity contribution in [3.05, 3.63) is 107 Å². The summed E-state index contributed by atoms with van der Waals surface area (Å²) in [6.45, 7) is 3.57. The highest BCUT2D eigenvalue weighted by molar-refractivity contribution is 7.80. The molecule has 0 bridgehead atoms. The number of allylic oxidation sites excluding steroid dienone is 1. The van der Waals surface area contributed by atoms with Crippen molar-refractivity contribution in [1.29, 1.82) is 0 Å². The average molecular weight is 475 g/mol. The van der Waals surface area contributed by atoms with Crippen molar-refractivity contribution in [1.82, 2.24) is 15.5 Å². The highest BCUT2D eigenvalue weighted by atomic mass is 32.1. The number of nitrogens with one attached hydrogen (secondary N) is 1. The molecule has 3 aromatic carbocycles. The molecular formula is C26H20F2N4OS. The summed E-state index contributed by atoms with van der Waals surface area (Å²) in [6, 6.07) is 20.0. The molecule has 34 heavy (non-hydrogen) atoms. The molecule has 170 valence electrons. The molecule has 1 aromatic heterocycles. The number of hydrogen-bond acceptors (Lipinski definition) is 4. The van der Waals surface area contributed by atoms with E-state index in [1.54, 1.807) is 30.0 Å². The van der Waals surface area contributed by atoms with Crippen LogP contribution in [0.4, 0.5) is 14.5 Å². The molecule has 5 nitrogen and oxygen atoms in total. The Labute approximate surface area is 200 Å². The second-order valence-corrected chi connectivity index (χ2v) is 8.38. The molecule has 2 heterocycles. The van der Waals surface area contributed by atoms with Crippen LogP contribution < -0.4 is 10.2 Å². The second-order valence-electron chi connectivity index (χ2n) is 7.99. The smallest absolute Gasteiger partial charge is 0.258 e. The summed E-state index contributed by atoms with van der Waals surface area (Å²) in [5, 5.41) is 7.84.